The van der Waals surface area contributed by atoms with Gasteiger partial charge in [0.25, 0.3) is 0 Å². The first-order valence-electron chi connectivity index (χ1n) is 12.1. The lowest BCUT2D eigenvalue weighted by atomic mass is 10.1. The fourth-order valence-corrected chi connectivity index (χ4v) is 4.16. The Hall–Kier alpha value is -3.71. The van der Waals surface area contributed by atoms with Crippen LogP contribution in [0.5, 0.6) is 0 Å². The van der Waals surface area contributed by atoms with Gasteiger partial charge < -0.3 is 20.4 Å². The maximum absolute atomic E-state index is 13.2. The lowest BCUT2D eigenvalue weighted by Crippen LogP contribution is -2.34. The number of hydrogen-bond acceptors (Lipinski definition) is 5. The third-order valence-electron chi connectivity index (χ3n) is 6.37. The molecule has 2 amide bonds. The maximum Gasteiger partial charge on any atom is 0.247 e. The number of nitrogens with zero attached hydrogens (tertiary/aromatic N) is 3. The smallest absolute Gasteiger partial charge is 0.247 e. The molecule has 2 aromatic carbocycles. The van der Waals surface area contributed by atoms with Crippen molar-refractivity contribution in [2.75, 3.05) is 43.4 Å². The quantitative estimate of drug-likeness (QED) is 0.525. The van der Waals surface area contributed by atoms with E-state index in [9.17, 15) is 9.59 Å². The lowest BCUT2D eigenvalue weighted by Gasteiger charge is -2.22. The van der Waals surface area contributed by atoms with E-state index in [4.69, 9.17) is 0 Å². The van der Waals surface area contributed by atoms with Crippen LogP contribution >= 0.6 is 0 Å². The van der Waals surface area contributed by atoms with E-state index in [0.29, 0.717) is 31.9 Å². The van der Waals surface area contributed by atoms with E-state index in [0.717, 1.165) is 24.2 Å². The normalized spacial score (nSPS) is 15.0. The molecule has 0 aliphatic carbocycles. The van der Waals surface area contributed by atoms with Crippen molar-refractivity contribution < 1.29 is 9.59 Å². The van der Waals surface area contributed by atoms with Crippen molar-refractivity contribution in [3.63, 3.8) is 0 Å². The highest BCUT2D eigenvalue weighted by Gasteiger charge is 2.21. The summed E-state index contributed by atoms with van der Waals surface area (Å²) in [6, 6.07) is 21.5. The maximum atomic E-state index is 13.2. The first kappa shape index (κ1) is 24.4. The summed E-state index contributed by atoms with van der Waals surface area (Å²) >= 11 is 0. The number of amides is 2. The summed E-state index contributed by atoms with van der Waals surface area (Å²) in [7, 11) is 1.83. The van der Waals surface area contributed by atoms with Crippen LogP contribution in [0.2, 0.25) is 0 Å². The van der Waals surface area contributed by atoms with Crippen LogP contribution in [0.15, 0.2) is 72.9 Å². The summed E-state index contributed by atoms with van der Waals surface area (Å²) in [5, 5.41) is 6.37. The SMILES string of the molecule is Cc1ccc(CCN[C@H](C(=O)Nc2ccc(N3CCC(=O)N(C)CC3)cn2)c2ccccc2)cc1. The molecule has 35 heavy (non-hydrogen) atoms. The molecule has 0 spiro atoms. The Morgan fingerprint density at radius 3 is 2.49 bits per heavy atom. The largest absolute Gasteiger partial charge is 0.368 e. The first-order chi connectivity index (χ1) is 17.0. The molecule has 0 radical (unpaired) electrons. The van der Waals surface area contributed by atoms with Gasteiger partial charge in [0.1, 0.15) is 11.9 Å². The monoisotopic (exact) mass is 471 g/mol. The van der Waals surface area contributed by atoms with Crippen molar-refractivity contribution in [3.05, 3.63) is 89.6 Å². The number of carbonyl (C=O) groups excluding carboxylic acids is 2. The lowest BCUT2D eigenvalue weighted by molar-refractivity contribution is -0.129. The topological polar surface area (TPSA) is 77.6 Å². The van der Waals surface area contributed by atoms with Gasteiger partial charge in [0, 0.05) is 39.6 Å². The Morgan fingerprint density at radius 1 is 1.00 bits per heavy atom. The summed E-state index contributed by atoms with van der Waals surface area (Å²) in [5.41, 5.74) is 4.32. The van der Waals surface area contributed by atoms with Gasteiger partial charge in [-0.2, -0.15) is 0 Å². The van der Waals surface area contributed by atoms with Crippen molar-refractivity contribution in [2.45, 2.75) is 25.8 Å². The third kappa shape index (κ3) is 6.67. The third-order valence-corrected chi connectivity index (χ3v) is 6.37. The van der Waals surface area contributed by atoms with E-state index in [2.05, 4.69) is 51.7 Å². The van der Waals surface area contributed by atoms with E-state index < -0.39 is 6.04 Å². The number of anilines is 2. The van der Waals surface area contributed by atoms with Crippen molar-refractivity contribution in [1.29, 1.82) is 0 Å². The summed E-state index contributed by atoms with van der Waals surface area (Å²) < 4.78 is 0. The zero-order valence-corrected chi connectivity index (χ0v) is 20.4. The van der Waals surface area contributed by atoms with E-state index in [1.807, 2.05) is 49.5 Å². The molecule has 3 aromatic rings. The number of likely N-dealkylation sites (N-methyl/N-ethyl adjacent to an activating group) is 1. The number of benzene rings is 2. The van der Waals surface area contributed by atoms with Crippen LogP contribution in [0.25, 0.3) is 0 Å². The molecule has 1 aliphatic rings. The first-order valence-corrected chi connectivity index (χ1v) is 12.1. The van der Waals surface area contributed by atoms with Gasteiger partial charge in [-0.25, -0.2) is 4.98 Å². The minimum Gasteiger partial charge on any atom is -0.368 e. The van der Waals surface area contributed by atoms with Crippen molar-refractivity contribution in [2.24, 2.45) is 0 Å². The second kappa shape index (κ2) is 11.6. The predicted octanol–water partition coefficient (Wildman–Crippen LogP) is 3.57. The molecule has 1 atom stereocenters. The van der Waals surface area contributed by atoms with Gasteiger partial charge in [0.05, 0.1) is 11.9 Å². The van der Waals surface area contributed by atoms with Crippen LogP contribution in [0.1, 0.15) is 29.2 Å². The second-order valence-electron chi connectivity index (χ2n) is 8.98. The molecular weight excluding hydrogens is 438 g/mol. The van der Waals surface area contributed by atoms with E-state index in [1.54, 1.807) is 11.1 Å². The number of rotatable bonds is 8. The Kier molecular flexibility index (Phi) is 8.11. The number of nitrogens with one attached hydrogen (secondary N) is 2. The van der Waals surface area contributed by atoms with E-state index in [1.165, 1.54) is 11.1 Å². The molecule has 1 aromatic heterocycles. The van der Waals surface area contributed by atoms with Crippen LogP contribution < -0.4 is 15.5 Å². The Labute approximate surface area is 207 Å². The summed E-state index contributed by atoms with van der Waals surface area (Å²) in [5.74, 6) is 0.511. The highest BCUT2D eigenvalue weighted by molar-refractivity contribution is 5.94. The molecular formula is C28H33N5O2. The summed E-state index contributed by atoms with van der Waals surface area (Å²) in [6.07, 6.45) is 3.08. The van der Waals surface area contributed by atoms with Crippen LogP contribution in [0.4, 0.5) is 11.5 Å². The summed E-state index contributed by atoms with van der Waals surface area (Å²) in [4.78, 5) is 33.6. The van der Waals surface area contributed by atoms with Crippen molar-refractivity contribution >= 4 is 23.3 Å². The van der Waals surface area contributed by atoms with E-state index in [-0.39, 0.29) is 11.8 Å². The predicted molar refractivity (Wildman–Crippen MR) is 139 cm³/mol. The summed E-state index contributed by atoms with van der Waals surface area (Å²) in [6.45, 7) is 4.86. The van der Waals surface area contributed by atoms with Crippen LogP contribution in [-0.4, -0.2) is 54.9 Å². The standard InChI is InChI=1S/C28H33N5O2/c1-21-8-10-22(11-9-21)14-16-29-27(23-6-4-3-5-7-23)28(35)31-25-13-12-24(20-30-25)33-17-15-26(34)32(2)18-19-33/h3-13,20,27,29H,14-19H2,1-2H3,(H,30,31,35)/t27-/m0/s1. The highest BCUT2D eigenvalue weighted by Crippen LogP contribution is 2.19. The molecule has 7 nitrogen and oxygen atoms in total. The van der Waals surface area contributed by atoms with Crippen LogP contribution in [0, 0.1) is 6.92 Å². The van der Waals surface area contributed by atoms with Gasteiger partial charge >= 0.3 is 0 Å². The number of carbonyl (C=O) groups is 2. The second-order valence-corrected chi connectivity index (χ2v) is 8.98. The molecule has 2 heterocycles. The van der Waals surface area contributed by atoms with Gasteiger partial charge in [-0.05, 0) is 36.6 Å². The number of pyridine rings is 1. The molecule has 4 rings (SSSR count). The number of aromatic nitrogens is 1. The zero-order chi connectivity index (χ0) is 24.6. The van der Waals surface area contributed by atoms with Crippen molar-refractivity contribution in [3.8, 4) is 0 Å². The molecule has 0 bridgehead atoms. The van der Waals surface area contributed by atoms with Gasteiger partial charge in [-0.15, -0.1) is 0 Å². The molecule has 1 saturated heterocycles. The van der Waals surface area contributed by atoms with Gasteiger partial charge in [-0.1, -0.05) is 60.2 Å². The van der Waals surface area contributed by atoms with Gasteiger partial charge in [-0.3, -0.25) is 9.59 Å². The number of hydrogen-bond donors (Lipinski definition) is 2. The average molecular weight is 472 g/mol. The fraction of sp³-hybridized carbons (Fsp3) is 0.321. The van der Waals surface area contributed by atoms with Crippen LogP contribution in [-0.2, 0) is 16.0 Å². The molecule has 1 aliphatic heterocycles. The highest BCUT2D eigenvalue weighted by atomic mass is 16.2. The molecule has 1 fully saturated rings. The van der Waals surface area contributed by atoms with Crippen molar-refractivity contribution in [1.82, 2.24) is 15.2 Å². The number of aryl methyl sites for hydroxylation is 1. The fourth-order valence-electron chi connectivity index (χ4n) is 4.16. The Balaban J connectivity index is 1.39. The van der Waals surface area contributed by atoms with E-state index >= 15 is 0 Å². The molecule has 0 saturated carbocycles. The van der Waals surface area contributed by atoms with Gasteiger partial charge in [0.15, 0.2) is 0 Å². The minimum atomic E-state index is -0.490. The molecule has 2 N–H and O–H groups in total. The minimum absolute atomic E-state index is 0.151. The zero-order valence-electron chi connectivity index (χ0n) is 20.4. The Bertz CT molecular complexity index is 1120. The molecule has 0 unspecified atom stereocenters. The molecule has 7 heteroatoms. The Morgan fingerprint density at radius 2 is 1.77 bits per heavy atom. The molecule has 182 valence electrons. The van der Waals surface area contributed by atoms with Crippen LogP contribution in [0.3, 0.4) is 0 Å². The average Bonchev–Trinajstić information content (AvgIpc) is 3.04. The van der Waals surface area contributed by atoms with Gasteiger partial charge in [0.2, 0.25) is 11.8 Å².